The van der Waals surface area contributed by atoms with Gasteiger partial charge in [0.25, 0.3) is 0 Å². The average molecular weight is 349 g/mol. The fourth-order valence-corrected chi connectivity index (χ4v) is 3.10. The van der Waals surface area contributed by atoms with Crippen LogP contribution in [0.4, 0.5) is 0 Å². The van der Waals surface area contributed by atoms with Crippen molar-refractivity contribution in [3.8, 4) is 0 Å². The van der Waals surface area contributed by atoms with Gasteiger partial charge in [-0.2, -0.15) is 5.10 Å². The SMILES string of the molecule is CC(C)CC(NC(=O)Cn1ncc(=O)c2ccccc21)c1ccccc1. The molecule has 0 radical (unpaired) electrons. The van der Waals surface area contributed by atoms with Crippen LogP contribution in [0.5, 0.6) is 0 Å². The molecule has 0 saturated carbocycles. The lowest BCUT2D eigenvalue weighted by Crippen LogP contribution is -2.33. The molecule has 0 bridgehead atoms. The Balaban J connectivity index is 1.81. The number of aromatic nitrogens is 2. The Morgan fingerprint density at radius 3 is 2.50 bits per heavy atom. The van der Waals surface area contributed by atoms with Gasteiger partial charge in [0.2, 0.25) is 11.3 Å². The summed E-state index contributed by atoms with van der Waals surface area (Å²) < 4.78 is 1.57. The van der Waals surface area contributed by atoms with Gasteiger partial charge < -0.3 is 5.32 Å². The second-order valence-corrected chi connectivity index (χ2v) is 6.84. The molecule has 1 unspecified atom stereocenters. The number of carbonyl (C=O) groups excluding carboxylic acids is 1. The van der Waals surface area contributed by atoms with Crippen molar-refractivity contribution >= 4 is 16.8 Å². The number of nitrogens with zero attached hydrogens (tertiary/aromatic N) is 2. The number of fused-ring (bicyclic) bond motifs is 1. The van der Waals surface area contributed by atoms with E-state index in [-0.39, 0.29) is 23.9 Å². The molecule has 5 nitrogen and oxygen atoms in total. The van der Waals surface area contributed by atoms with Gasteiger partial charge in [0.1, 0.15) is 6.54 Å². The minimum Gasteiger partial charge on any atom is -0.348 e. The average Bonchev–Trinajstić information content (AvgIpc) is 2.64. The monoisotopic (exact) mass is 349 g/mol. The van der Waals surface area contributed by atoms with E-state index < -0.39 is 0 Å². The Kier molecular flexibility index (Phi) is 5.46. The van der Waals surface area contributed by atoms with E-state index in [1.807, 2.05) is 42.5 Å². The third-order valence-corrected chi connectivity index (χ3v) is 4.30. The maximum absolute atomic E-state index is 12.7. The molecule has 0 saturated heterocycles. The molecule has 0 aliphatic rings. The largest absolute Gasteiger partial charge is 0.348 e. The van der Waals surface area contributed by atoms with E-state index >= 15 is 0 Å². The molecule has 0 aliphatic heterocycles. The molecule has 3 aromatic rings. The first-order valence-corrected chi connectivity index (χ1v) is 8.84. The Morgan fingerprint density at radius 2 is 1.77 bits per heavy atom. The Morgan fingerprint density at radius 1 is 1.08 bits per heavy atom. The van der Waals surface area contributed by atoms with Crippen molar-refractivity contribution in [2.24, 2.45) is 5.92 Å². The van der Waals surface area contributed by atoms with Crippen molar-refractivity contribution < 1.29 is 4.79 Å². The Hall–Kier alpha value is -2.95. The van der Waals surface area contributed by atoms with Crippen LogP contribution in [0, 0.1) is 5.92 Å². The molecule has 3 rings (SSSR count). The van der Waals surface area contributed by atoms with Crippen molar-refractivity contribution in [1.82, 2.24) is 15.1 Å². The molecule has 1 N–H and O–H groups in total. The predicted octanol–water partition coefficient (Wildman–Crippen LogP) is 3.30. The normalized spacial score (nSPS) is 12.3. The minimum absolute atomic E-state index is 0.0469. The molecule has 1 heterocycles. The lowest BCUT2D eigenvalue weighted by Gasteiger charge is -2.21. The summed E-state index contributed by atoms with van der Waals surface area (Å²) in [5, 5.41) is 7.81. The standard InChI is InChI=1S/C21H23N3O2/c1-15(2)12-18(16-8-4-3-5-9-16)23-21(26)14-24-19-11-7-6-10-17(19)20(25)13-22-24/h3-11,13,15,18H,12,14H2,1-2H3,(H,23,26). The third-order valence-electron chi connectivity index (χ3n) is 4.30. The number of hydrogen-bond donors (Lipinski definition) is 1. The number of hydrogen-bond acceptors (Lipinski definition) is 3. The highest BCUT2D eigenvalue weighted by Crippen LogP contribution is 2.21. The third kappa shape index (κ3) is 4.17. The number of rotatable bonds is 6. The Bertz CT molecular complexity index is 948. The van der Waals surface area contributed by atoms with Gasteiger partial charge in [-0.1, -0.05) is 56.3 Å². The number of nitrogens with one attached hydrogen (secondary N) is 1. The van der Waals surface area contributed by atoms with Gasteiger partial charge in [0, 0.05) is 5.39 Å². The summed E-state index contributed by atoms with van der Waals surface area (Å²) in [6.45, 7) is 4.35. The van der Waals surface area contributed by atoms with Gasteiger partial charge in [-0.3, -0.25) is 14.3 Å². The van der Waals surface area contributed by atoms with E-state index in [9.17, 15) is 9.59 Å². The summed E-state index contributed by atoms with van der Waals surface area (Å²) in [4.78, 5) is 24.6. The zero-order valence-corrected chi connectivity index (χ0v) is 15.1. The van der Waals surface area contributed by atoms with Crippen molar-refractivity contribution in [2.75, 3.05) is 0 Å². The van der Waals surface area contributed by atoms with Crippen molar-refractivity contribution in [1.29, 1.82) is 0 Å². The van der Waals surface area contributed by atoms with Gasteiger partial charge in [-0.25, -0.2) is 0 Å². The molecule has 26 heavy (non-hydrogen) atoms. The van der Waals surface area contributed by atoms with Gasteiger partial charge in [0.05, 0.1) is 17.8 Å². The fraction of sp³-hybridized carbons (Fsp3) is 0.286. The molecule has 134 valence electrons. The first-order chi connectivity index (χ1) is 12.5. The molecular formula is C21H23N3O2. The van der Waals surface area contributed by atoms with Crippen molar-refractivity contribution in [2.45, 2.75) is 32.9 Å². The molecule has 1 aromatic heterocycles. The summed E-state index contributed by atoms with van der Waals surface area (Å²) in [6, 6.07) is 17.1. The van der Waals surface area contributed by atoms with E-state index in [1.165, 1.54) is 6.20 Å². The number of amides is 1. The molecule has 0 aliphatic carbocycles. The van der Waals surface area contributed by atoms with E-state index in [2.05, 4.69) is 24.3 Å². The number of para-hydroxylation sites is 1. The number of benzene rings is 2. The molecule has 1 atom stereocenters. The first kappa shape index (κ1) is 17.9. The lowest BCUT2D eigenvalue weighted by atomic mass is 9.97. The number of carbonyl (C=O) groups is 1. The topological polar surface area (TPSA) is 64.0 Å². The predicted molar refractivity (Wildman–Crippen MR) is 103 cm³/mol. The van der Waals surface area contributed by atoms with Crippen LogP contribution in [-0.2, 0) is 11.3 Å². The van der Waals surface area contributed by atoms with E-state index in [1.54, 1.807) is 16.8 Å². The van der Waals surface area contributed by atoms with Crippen LogP contribution in [0.1, 0.15) is 31.9 Å². The van der Waals surface area contributed by atoms with Crippen LogP contribution in [0.3, 0.4) is 0 Å². The zero-order chi connectivity index (χ0) is 18.5. The van der Waals surface area contributed by atoms with E-state index in [0.717, 1.165) is 12.0 Å². The highest BCUT2D eigenvalue weighted by atomic mass is 16.2. The summed E-state index contributed by atoms with van der Waals surface area (Å²) in [5.41, 5.74) is 1.61. The molecular weight excluding hydrogens is 326 g/mol. The van der Waals surface area contributed by atoms with Crippen molar-refractivity contribution in [3.05, 3.63) is 76.6 Å². The molecule has 5 heteroatoms. The smallest absolute Gasteiger partial charge is 0.242 e. The maximum atomic E-state index is 12.7. The van der Waals surface area contributed by atoms with Crippen LogP contribution < -0.4 is 10.7 Å². The van der Waals surface area contributed by atoms with Crippen LogP contribution >= 0.6 is 0 Å². The fourth-order valence-electron chi connectivity index (χ4n) is 3.10. The molecule has 1 amide bonds. The van der Waals surface area contributed by atoms with Crippen LogP contribution in [0.2, 0.25) is 0 Å². The summed E-state index contributed by atoms with van der Waals surface area (Å²) >= 11 is 0. The molecule has 0 fully saturated rings. The van der Waals surface area contributed by atoms with Crippen LogP contribution in [0.25, 0.3) is 10.9 Å². The summed E-state index contributed by atoms with van der Waals surface area (Å²) in [6.07, 6.45) is 2.12. The maximum Gasteiger partial charge on any atom is 0.242 e. The van der Waals surface area contributed by atoms with E-state index in [0.29, 0.717) is 16.8 Å². The second-order valence-electron chi connectivity index (χ2n) is 6.84. The van der Waals surface area contributed by atoms with Gasteiger partial charge in [0.15, 0.2) is 0 Å². The van der Waals surface area contributed by atoms with Gasteiger partial charge >= 0.3 is 0 Å². The minimum atomic E-state index is -0.140. The van der Waals surface area contributed by atoms with E-state index in [4.69, 9.17) is 0 Å². The lowest BCUT2D eigenvalue weighted by molar-refractivity contribution is -0.122. The second kappa shape index (κ2) is 7.95. The summed E-state index contributed by atoms with van der Waals surface area (Å²) in [7, 11) is 0. The van der Waals surface area contributed by atoms with Gasteiger partial charge in [-0.05, 0) is 30.0 Å². The van der Waals surface area contributed by atoms with Crippen molar-refractivity contribution in [3.63, 3.8) is 0 Å². The van der Waals surface area contributed by atoms with Crippen LogP contribution in [0.15, 0.2) is 65.6 Å². The first-order valence-electron chi connectivity index (χ1n) is 8.84. The molecule has 0 spiro atoms. The van der Waals surface area contributed by atoms with Crippen LogP contribution in [-0.4, -0.2) is 15.7 Å². The summed E-state index contributed by atoms with van der Waals surface area (Å²) in [5.74, 6) is 0.327. The highest BCUT2D eigenvalue weighted by Gasteiger charge is 2.17. The molecule has 2 aromatic carbocycles. The quantitative estimate of drug-likeness (QED) is 0.743. The zero-order valence-electron chi connectivity index (χ0n) is 15.1. The van der Waals surface area contributed by atoms with Gasteiger partial charge in [-0.15, -0.1) is 0 Å². The highest BCUT2D eigenvalue weighted by molar-refractivity contribution is 5.81. The Labute approximate surface area is 152 Å².